The van der Waals surface area contributed by atoms with Crippen molar-refractivity contribution in [3.05, 3.63) is 102 Å². The van der Waals surface area contributed by atoms with E-state index < -0.39 is 12.0 Å². The molecule has 2 N–H and O–H groups in total. The van der Waals surface area contributed by atoms with Gasteiger partial charge in [-0.1, -0.05) is 86.6 Å². The second-order valence-electron chi connectivity index (χ2n) is 10.2. The first-order valence-corrected chi connectivity index (χ1v) is 13.1. The summed E-state index contributed by atoms with van der Waals surface area (Å²) in [5.41, 5.74) is 3.84. The van der Waals surface area contributed by atoms with Gasteiger partial charge in [-0.15, -0.1) is 0 Å². The van der Waals surface area contributed by atoms with Crippen LogP contribution in [0, 0.1) is 5.92 Å². The highest BCUT2D eigenvalue weighted by Crippen LogP contribution is 2.29. The zero-order valence-electron chi connectivity index (χ0n) is 21.4. The third-order valence-corrected chi connectivity index (χ3v) is 7.36. The molecule has 5 rings (SSSR count). The van der Waals surface area contributed by atoms with E-state index in [-0.39, 0.29) is 17.7 Å². The molecule has 6 heteroatoms. The van der Waals surface area contributed by atoms with Crippen molar-refractivity contribution in [3.63, 3.8) is 0 Å². The number of rotatable bonds is 7. The van der Waals surface area contributed by atoms with Crippen LogP contribution in [0.15, 0.2) is 84.9 Å². The van der Waals surface area contributed by atoms with Gasteiger partial charge in [-0.2, -0.15) is 0 Å². The Bertz CT molecular complexity index is 1270. The lowest BCUT2D eigenvalue weighted by atomic mass is 9.89. The summed E-state index contributed by atoms with van der Waals surface area (Å²) in [6.07, 6.45) is 1.70. The second-order valence-corrected chi connectivity index (χ2v) is 10.2. The standard InChI is InChI=1S/C31H34N4O2/c1-21(2)28(34-30(36)27(22-11-5-3-6-12-22)23-13-7-4-8-14-23)31(37)35-19-17-24(18-20-35)29-32-25-15-9-10-16-26(25)33-29/h3-16,21,24,27-28H,17-20H2,1-2H3,(H,32,33)(H,34,36)/t28-/m1/s1. The molecule has 0 radical (unpaired) electrons. The fraction of sp³-hybridized carbons (Fsp3) is 0.323. The predicted octanol–water partition coefficient (Wildman–Crippen LogP) is 5.24. The Morgan fingerprint density at radius 1 is 0.865 bits per heavy atom. The Hall–Kier alpha value is -3.93. The maximum absolute atomic E-state index is 13.7. The van der Waals surface area contributed by atoms with E-state index in [0.29, 0.717) is 19.0 Å². The summed E-state index contributed by atoms with van der Waals surface area (Å²) in [5.74, 6) is 0.625. The van der Waals surface area contributed by atoms with E-state index in [9.17, 15) is 9.59 Å². The molecule has 0 bridgehead atoms. The quantitative estimate of drug-likeness (QED) is 0.369. The highest BCUT2D eigenvalue weighted by Gasteiger charge is 2.34. The molecule has 1 aromatic heterocycles. The van der Waals surface area contributed by atoms with Gasteiger partial charge in [0.05, 0.1) is 17.0 Å². The van der Waals surface area contributed by atoms with Crippen LogP contribution in [0.1, 0.15) is 55.5 Å². The summed E-state index contributed by atoms with van der Waals surface area (Å²) in [6.45, 7) is 5.29. The zero-order chi connectivity index (χ0) is 25.8. The van der Waals surface area contributed by atoms with Gasteiger partial charge in [-0.05, 0) is 42.0 Å². The summed E-state index contributed by atoms with van der Waals surface area (Å²) in [4.78, 5) is 37.4. The number of likely N-dealkylation sites (tertiary alicyclic amines) is 1. The first-order valence-electron chi connectivity index (χ1n) is 13.1. The van der Waals surface area contributed by atoms with E-state index >= 15 is 0 Å². The summed E-state index contributed by atoms with van der Waals surface area (Å²) in [7, 11) is 0. The summed E-state index contributed by atoms with van der Waals surface area (Å²) in [6, 6.07) is 27.0. The highest BCUT2D eigenvalue weighted by atomic mass is 16.2. The van der Waals surface area contributed by atoms with Gasteiger partial charge in [-0.25, -0.2) is 4.98 Å². The lowest BCUT2D eigenvalue weighted by Crippen LogP contribution is -2.53. The van der Waals surface area contributed by atoms with E-state index in [1.54, 1.807) is 0 Å². The molecule has 0 saturated carbocycles. The lowest BCUT2D eigenvalue weighted by molar-refractivity contribution is -0.138. The first kappa shape index (κ1) is 24.8. The molecule has 0 unspecified atom stereocenters. The van der Waals surface area contributed by atoms with Crippen LogP contribution in [-0.4, -0.2) is 45.8 Å². The van der Waals surface area contributed by atoms with Crippen molar-refractivity contribution < 1.29 is 9.59 Å². The Morgan fingerprint density at radius 2 is 1.43 bits per heavy atom. The zero-order valence-corrected chi connectivity index (χ0v) is 21.4. The molecule has 6 nitrogen and oxygen atoms in total. The van der Waals surface area contributed by atoms with Crippen LogP contribution in [0.25, 0.3) is 11.0 Å². The van der Waals surface area contributed by atoms with Crippen molar-refractivity contribution >= 4 is 22.8 Å². The number of amides is 2. The van der Waals surface area contributed by atoms with Gasteiger partial charge < -0.3 is 15.2 Å². The fourth-order valence-corrected chi connectivity index (χ4v) is 5.27. The number of nitrogens with one attached hydrogen (secondary N) is 2. The van der Waals surface area contributed by atoms with E-state index in [1.165, 1.54) is 0 Å². The minimum atomic E-state index is -0.579. The number of carbonyl (C=O) groups excluding carboxylic acids is 2. The van der Waals surface area contributed by atoms with E-state index in [0.717, 1.165) is 40.8 Å². The molecule has 1 fully saturated rings. The number of para-hydroxylation sites is 2. The van der Waals surface area contributed by atoms with Crippen molar-refractivity contribution in [3.8, 4) is 0 Å². The summed E-state index contributed by atoms with van der Waals surface area (Å²) >= 11 is 0. The van der Waals surface area contributed by atoms with Crippen molar-refractivity contribution in [1.29, 1.82) is 0 Å². The summed E-state index contributed by atoms with van der Waals surface area (Å²) < 4.78 is 0. The largest absolute Gasteiger partial charge is 0.343 e. The minimum Gasteiger partial charge on any atom is -0.343 e. The monoisotopic (exact) mass is 494 g/mol. The molecule has 2 heterocycles. The van der Waals surface area contributed by atoms with Gasteiger partial charge in [0.1, 0.15) is 11.9 Å². The van der Waals surface area contributed by atoms with E-state index in [4.69, 9.17) is 4.98 Å². The molecule has 190 valence electrons. The van der Waals surface area contributed by atoms with Crippen LogP contribution in [0.2, 0.25) is 0 Å². The molecule has 37 heavy (non-hydrogen) atoms. The van der Waals surface area contributed by atoms with E-state index in [2.05, 4.69) is 10.3 Å². The van der Waals surface area contributed by atoms with Crippen LogP contribution in [0.5, 0.6) is 0 Å². The molecule has 0 aliphatic carbocycles. The Labute approximate surface area is 218 Å². The van der Waals surface area contributed by atoms with Gasteiger partial charge in [0.15, 0.2) is 0 Å². The van der Waals surface area contributed by atoms with Crippen molar-refractivity contribution in [2.24, 2.45) is 5.92 Å². The number of hydrogen-bond acceptors (Lipinski definition) is 3. The van der Waals surface area contributed by atoms with Crippen molar-refractivity contribution in [2.45, 2.75) is 44.6 Å². The molecule has 1 aliphatic heterocycles. The number of benzene rings is 3. The molecule has 0 spiro atoms. The average Bonchev–Trinajstić information content (AvgIpc) is 3.37. The highest BCUT2D eigenvalue weighted by molar-refractivity contribution is 5.92. The fourth-order valence-electron chi connectivity index (χ4n) is 5.27. The van der Waals surface area contributed by atoms with Gasteiger partial charge in [0.25, 0.3) is 0 Å². The number of H-pyrrole nitrogens is 1. The SMILES string of the molecule is CC(C)[C@@H](NC(=O)C(c1ccccc1)c1ccccc1)C(=O)N1CCC(c2nc3ccccc3[nH]2)CC1. The van der Waals surface area contributed by atoms with Crippen LogP contribution in [0.4, 0.5) is 0 Å². The van der Waals surface area contributed by atoms with Crippen LogP contribution >= 0.6 is 0 Å². The molecule has 1 aliphatic rings. The van der Waals surface area contributed by atoms with Crippen molar-refractivity contribution in [2.75, 3.05) is 13.1 Å². The Morgan fingerprint density at radius 3 is 2.00 bits per heavy atom. The molecule has 1 saturated heterocycles. The third kappa shape index (κ3) is 5.43. The second kappa shape index (κ2) is 11.0. The first-order chi connectivity index (χ1) is 18.0. The number of aromatic amines is 1. The third-order valence-electron chi connectivity index (χ3n) is 7.36. The normalized spacial score (nSPS) is 15.3. The number of piperidine rings is 1. The molecular weight excluding hydrogens is 460 g/mol. The van der Waals surface area contributed by atoms with Crippen molar-refractivity contribution in [1.82, 2.24) is 20.2 Å². The smallest absolute Gasteiger partial charge is 0.245 e. The average molecular weight is 495 g/mol. The number of carbonyl (C=O) groups is 2. The lowest BCUT2D eigenvalue weighted by Gasteiger charge is -2.35. The summed E-state index contributed by atoms with van der Waals surface area (Å²) in [5, 5.41) is 3.12. The number of imidazole rings is 1. The predicted molar refractivity (Wildman–Crippen MR) is 146 cm³/mol. The van der Waals surface area contributed by atoms with Gasteiger partial charge in [0, 0.05) is 19.0 Å². The molecule has 3 aromatic carbocycles. The van der Waals surface area contributed by atoms with E-state index in [1.807, 2.05) is 104 Å². The number of aromatic nitrogens is 2. The van der Waals surface area contributed by atoms with Crippen LogP contribution in [-0.2, 0) is 9.59 Å². The minimum absolute atomic E-state index is 0.00807. The molecule has 1 atom stereocenters. The van der Waals surface area contributed by atoms with Crippen LogP contribution < -0.4 is 5.32 Å². The number of nitrogens with zero attached hydrogens (tertiary/aromatic N) is 2. The van der Waals surface area contributed by atoms with Gasteiger partial charge >= 0.3 is 0 Å². The Balaban J connectivity index is 1.28. The Kier molecular flexibility index (Phi) is 7.35. The maximum Gasteiger partial charge on any atom is 0.245 e. The molecule has 2 amide bonds. The van der Waals surface area contributed by atoms with Gasteiger partial charge in [0.2, 0.25) is 11.8 Å². The van der Waals surface area contributed by atoms with Gasteiger partial charge in [-0.3, -0.25) is 9.59 Å². The number of hydrogen-bond donors (Lipinski definition) is 2. The maximum atomic E-state index is 13.7. The van der Waals surface area contributed by atoms with Crippen LogP contribution in [0.3, 0.4) is 0 Å². The molecular formula is C31H34N4O2. The molecule has 4 aromatic rings. The topological polar surface area (TPSA) is 78.1 Å². The number of fused-ring (bicyclic) bond motifs is 1.